The number of methoxy groups -OCH3 is 2. The summed E-state index contributed by atoms with van der Waals surface area (Å²) in [6.45, 7) is 6.04. The topological polar surface area (TPSA) is 76.8 Å². The van der Waals surface area contributed by atoms with Crippen molar-refractivity contribution >= 4 is 17.3 Å². The summed E-state index contributed by atoms with van der Waals surface area (Å²) in [7, 11) is 3.07. The molecule has 0 saturated carbocycles. The molecule has 1 aliphatic heterocycles. The van der Waals surface area contributed by atoms with Crippen LogP contribution in [0.15, 0.2) is 84.9 Å². The van der Waals surface area contributed by atoms with Gasteiger partial charge in [0.1, 0.15) is 11.5 Å². The molecule has 154 valence electrons. The van der Waals surface area contributed by atoms with Crippen LogP contribution in [0.4, 0.5) is 5.69 Å². The van der Waals surface area contributed by atoms with Crippen LogP contribution >= 0.6 is 0 Å². The number of nitrogens with one attached hydrogen (secondary N) is 1. The van der Waals surface area contributed by atoms with Crippen LogP contribution in [-0.4, -0.2) is 25.0 Å². The van der Waals surface area contributed by atoms with Crippen LogP contribution in [0.1, 0.15) is 22.8 Å². The Hall–Kier alpha value is -3.93. The summed E-state index contributed by atoms with van der Waals surface area (Å²) in [5.74, 6) is 0.755. The number of hydrogen-bond acceptors (Lipinski definition) is 5. The predicted molar refractivity (Wildman–Crippen MR) is 120 cm³/mol. The molecular weight excluding hydrogens is 378 g/mol. The van der Waals surface area contributed by atoms with Crippen molar-refractivity contribution in [3.63, 3.8) is 0 Å². The molecule has 0 fully saturated rings. The maximum atomic E-state index is 12.8. The molecule has 0 spiro atoms. The number of anilines is 1. The lowest BCUT2D eigenvalue weighted by Gasteiger charge is -2.21. The number of nitrogens with zero attached hydrogens (tertiary/aromatic N) is 1. The SMILES string of the molecule is C=C1C=C(C)C=CN1/C=C(\N)c1cccc(NC(=O)c2ccc(OC)cc2OC)c1. The van der Waals surface area contributed by atoms with Crippen molar-refractivity contribution in [2.75, 3.05) is 19.5 Å². The standard InChI is InChI=1S/C24H25N3O3/c1-16-10-11-27(17(2)12-16)15-22(25)18-6-5-7-19(13-18)26-24(28)21-9-8-20(29-3)14-23(21)30-4/h5-15H,2,25H2,1,3-4H3,(H,26,28)/b22-15-. The lowest BCUT2D eigenvalue weighted by atomic mass is 10.1. The van der Waals surface area contributed by atoms with Gasteiger partial charge in [0.25, 0.3) is 5.91 Å². The van der Waals surface area contributed by atoms with Crippen LogP contribution in [0.2, 0.25) is 0 Å². The fourth-order valence-electron chi connectivity index (χ4n) is 2.99. The fourth-order valence-corrected chi connectivity index (χ4v) is 2.99. The van der Waals surface area contributed by atoms with Crippen molar-refractivity contribution in [2.24, 2.45) is 5.73 Å². The highest BCUT2D eigenvalue weighted by molar-refractivity contribution is 6.06. The van der Waals surface area contributed by atoms with Crippen LogP contribution in [0, 0.1) is 0 Å². The van der Waals surface area contributed by atoms with E-state index in [-0.39, 0.29) is 5.91 Å². The number of hydrogen-bond donors (Lipinski definition) is 2. The first kappa shape index (κ1) is 20.8. The summed E-state index contributed by atoms with van der Waals surface area (Å²) < 4.78 is 10.5. The van der Waals surface area contributed by atoms with Gasteiger partial charge in [-0.1, -0.05) is 18.7 Å². The Kier molecular flexibility index (Phi) is 6.27. The summed E-state index contributed by atoms with van der Waals surface area (Å²) in [6, 6.07) is 12.4. The molecule has 0 bridgehead atoms. The van der Waals surface area contributed by atoms with Gasteiger partial charge in [-0.2, -0.15) is 0 Å². The zero-order valence-corrected chi connectivity index (χ0v) is 17.3. The Morgan fingerprint density at radius 1 is 1.17 bits per heavy atom. The number of rotatable bonds is 6. The Bertz CT molecular complexity index is 1070. The molecule has 6 nitrogen and oxygen atoms in total. The number of amides is 1. The second-order valence-corrected chi connectivity index (χ2v) is 6.79. The summed E-state index contributed by atoms with van der Waals surface area (Å²) in [4.78, 5) is 14.6. The number of benzene rings is 2. The molecule has 0 radical (unpaired) electrons. The van der Waals surface area contributed by atoms with Gasteiger partial charge in [-0.25, -0.2) is 0 Å². The predicted octanol–water partition coefficient (Wildman–Crippen LogP) is 4.50. The highest BCUT2D eigenvalue weighted by Gasteiger charge is 2.14. The summed E-state index contributed by atoms with van der Waals surface area (Å²) in [6.07, 6.45) is 7.67. The molecule has 3 N–H and O–H groups in total. The quantitative estimate of drug-likeness (QED) is 0.743. The van der Waals surface area contributed by atoms with Gasteiger partial charge in [-0.05, 0) is 48.9 Å². The molecule has 0 aromatic heterocycles. The highest BCUT2D eigenvalue weighted by Crippen LogP contribution is 2.26. The molecule has 3 rings (SSSR count). The van der Waals surface area contributed by atoms with E-state index in [1.165, 1.54) is 7.11 Å². The molecule has 2 aromatic rings. The molecule has 6 heteroatoms. The van der Waals surface area contributed by atoms with Gasteiger partial charge < -0.3 is 25.4 Å². The average Bonchev–Trinajstić information content (AvgIpc) is 2.75. The van der Waals surface area contributed by atoms with E-state index in [2.05, 4.69) is 11.9 Å². The van der Waals surface area contributed by atoms with Crippen LogP contribution < -0.4 is 20.5 Å². The minimum absolute atomic E-state index is 0.290. The van der Waals surface area contributed by atoms with Crippen molar-refractivity contribution in [3.05, 3.63) is 96.0 Å². The Morgan fingerprint density at radius 3 is 2.67 bits per heavy atom. The molecule has 2 aromatic carbocycles. The Labute approximate surface area is 176 Å². The van der Waals surface area contributed by atoms with Crippen LogP contribution in [-0.2, 0) is 0 Å². The van der Waals surface area contributed by atoms with Crippen molar-refractivity contribution in [1.29, 1.82) is 0 Å². The van der Waals surface area contributed by atoms with Crippen LogP contribution in [0.3, 0.4) is 0 Å². The summed E-state index contributed by atoms with van der Waals surface area (Å²) in [5, 5.41) is 2.89. The highest BCUT2D eigenvalue weighted by atomic mass is 16.5. The zero-order valence-electron chi connectivity index (χ0n) is 17.3. The first-order valence-corrected chi connectivity index (χ1v) is 9.36. The molecule has 0 saturated heterocycles. The smallest absolute Gasteiger partial charge is 0.259 e. The first-order chi connectivity index (χ1) is 14.4. The minimum Gasteiger partial charge on any atom is -0.497 e. The Balaban J connectivity index is 1.79. The van der Waals surface area contributed by atoms with E-state index in [4.69, 9.17) is 15.2 Å². The van der Waals surface area contributed by atoms with Crippen LogP contribution in [0.5, 0.6) is 11.5 Å². The average molecular weight is 403 g/mol. The van der Waals surface area contributed by atoms with Crippen molar-refractivity contribution < 1.29 is 14.3 Å². The van der Waals surface area contributed by atoms with Gasteiger partial charge in [0.2, 0.25) is 0 Å². The van der Waals surface area contributed by atoms with Crippen molar-refractivity contribution in [1.82, 2.24) is 4.90 Å². The molecule has 0 atom stereocenters. The van der Waals surface area contributed by atoms with E-state index < -0.39 is 0 Å². The molecule has 1 aliphatic rings. The lowest BCUT2D eigenvalue weighted by molar-refractivity contribution is 0.102. The molecule has 0 aliphatic carbocycles. The van der Waals surface area contributed by atoms with Gasteiger partial charge in [0, 0.05) is 35.4 Å². The second-order valence-electron chi connectivity index (χ2n) is 6.79. The summed E-state index contributed by atoms with van der Waals surface area (Å²) >= 11 is 0. The minimum atomic E-state index is -0.290. The van der Waals surface area contributed by atoms with Gasteiger partial charge in [-0.15, -0.1) is 0 Å². The number of carbonyl (C=O) groups excluding carboxylic acids is 1. The van der Waals surface area contributed by atoms with Gasteiger partial charge in [0.05, 0.1) is 25.5 Å². The third-order valence-electron chi connectivity index (χ3n) is 4.61. The van der Waals surface area contributed by atoms with Gasteiger partial charge >= 0.3 is 0 Å². The third kappa shape index (κ3) is 4.72. The molecule has 30 heavy (non-hydrogen) atoms. The third-order valence-corrected chi connectivity index (χ3v) is 4.61. The normalized spacial score (nSPS) is 13.7. The van der Waals surface area contributed by atoms with E-state index in [0.29, 0.717) is 28.4 Å². The van der Waals surface area contributed by atoms with Crippen molar-refractivity contribution in [3.8, 4) is 11.5 Å². The second kappa shape index (κ2) is 9.05. The maximum absolute atomic E-state index is 12.8. The Morgan fingerprint density at radius 2 is 1.97 bits per heavy atom. The molecule has 0 unspecified atom stereocenters. The van der Waals surface area contributed by atoms with E-state index >= 15 is 0 Å². The maximum Gasteiger partial charge on any atom is 0.259 e. The van der Waals surface area contributed by atoms with E-state index in [1.54, 1.807) is 37.6 Å². The molecular formula is C24H25N3O3. The van der Waals surface area contributed by atoms with Crippen LogP contribution in [0.25, 0.3) is 5.70 Å². The van der Waals surface area contributed by atoms with Gasteiger partial charge in [-0.3, -0.25) is 4.79 Å². The summed E-state index contributed by atoms with van der Waals surface area (Å²) in [5.41, 5.74) is 10.6. The number of allylic oxidation sites excluding steroid dienone is 3. The lowest BCUT2D eigenvalue weighted by Crippen LogP contribution is -2.14. The fraction of sp³-hybridized carbons (Fsp3) is 0.125. The zero-order chi connectivity index (χ0) is 21.7. The number of ether oxygens (including phenoxy) is 2. The molecule has 1 amide bonds. The molecule has 1 heterocycles. The van der Waals surface area contributed by atoms with E-state index in [0.717, 1.165) is 16.8 Å². The monoisotopic (exact) mass is 403 g/mol. The van der Waals surface area contributed by atoms with E-state index in [9.17, 15) is 4.79 Å². The number of nitrogens with two attached hydrogens (primary N) is 1. The number of carbonyl (C=O) groups is 1. The van der Waals surface area contributed by atoms with Gasteiger partial charge in [0.15, 0.2) is 0 Å². The first-order valence-electron chi connectivity index (χ1n) is 9.36. The van der Waals surface area contributed by atoms with Crippen molar-refractivity contribution in [2.45, 2.75) is 6.92 Å². The van der Waals surface area contributed by atoms with E-state index in [1.807, 2.05) is 48.4 Å². The largest absolute Gasteiger partial charge is 0.497 e.